The number of amides is 4. The molecule has 4 amide bonds. The second-order valence-electron chi connectivity index (χ2n) is 7.21. The van der Waals surface area contributed by atoms with Crippen LogP contribution in [0, 0.1) is 0 Å². The maximum Gasteiger partial charge on any atom is 0.695 e. The smallest absolute Gasteiger partial charge is 0.280 e. The summed E-state index contributed by atoms with van der Waals surface area (Å²) in [4.78, 5) is 59.1. The molecule has 0 spiro atoms. The number of carbonyl (C=O) groups is 4. The van der Waals surface area contributed by atoms with Gasteiger partial charge in [0.1, 0.15) is 5.60 Å². The molecule has 1 N–H and O–H groups in total. The van der Waals surface area contributed by atoms with Gasteiger partial charge in [0.15, 0.2) is 0 Å². The molecule has 0 aromatic rings. The van der Waals surface area contributed by atoms with Crippen molar-refractivity contribution < 1.29 is 33.2 Å². The average molecular weight is 417 g/mol. The van der Waals surface area contributed by atoms with Gasteiger partial charge >= 0.3 is 8.25 Å². The molecule has 9 nitrogen and oxygen atoms in total. The number of thioether (sulfide) groups is 1. The van der Waals surface area contributed by atoms with Crippen LogP contribution in [-0.4, -0.2) is 67.0 Å². The van der Waals surface area contributed by atoms with Crippen LogP contribution in [0.1, 0.15) is 34.1 Å². The standard InChI is InChI=1S/C16H21N2O7PS/c1-15(2,25-26(23)24)16(3,4)27-10-9-13(21)18(14(10)22)8-7-17-11(19)5-6-12(17)20/h5-6,10H,7-9H2,1-4H3/p+1. The average Bonchev–Trinajstić information content (AvgIpc) is 2.96. The van der Waals surface area contributed by atoms with Crippen molar-refractivity contribution in [2.75, 3.05) is 13.1 Å². The molecule has 0 aromatic heterocycles. The van der Waals surface area contributed by atoms with E-state index in [9.17, 15) is 23.7 Å². The van der Waals surface area contributed by atoms with Gasteiger partial charge in [-0.25, -0.2) is 0 Å². The topological polar surface area (TPSA) is 121 Å². The second-order valence-corrected chi connectivity index (χ2v) is 9.69. The van der Waals surface area contributed by atoms with Crippen molar-refractivity contribution >= 4 is 43.6 Å². The number of rotatable bonds is 8. The van der Waals surface area contributed by atoms with Crippen molar-refractivity contribution in [1.29, 1.82) is 0 Å². The molecule has 2 aliphatic heterocycles. The third-order valence-corrected chi connectivity index (χ3v) is 7.19. The SMILES string of the molecule is CC(C)(O[P+](=O)O)C(C)(C)SC1CC(=O)N(CCN2C(=O)C=CC2=O)C1=O. The Morgan fingerprint density at radius 1 is 1.11 bits per heavy atom. The van der Waals surface area contributed by atoms with E-state index < -0.39 is 41.6 Å². The number of nitrogens with zero attached hydrogens (tertiary/aromatic N) is 2. The quantitative estimate of drug-likeness (QED) is 0.459. The molecule has 0 aromatic carbocycles. The van der Waals surface area contributed by atoms with Crippen molar-refractivity contribution in [2.24, 2.45) is 0 Å². The zero-order chi connectivity index (χ0) is 20.6. The Labute approximate surface area is 162 Å². The summed E-state index contributed by atoms with van der Waals surface area (Å²) in [5, 5.41) is -0.671. The van der Waals surface area contributed by atoms with Crippen LogP contribution in [-0.2, 0) is 28.3 Å². The lowest BCUT2D eigenvalue weighted by atomic mass is 9.94. The maximum atomic E-state index is 12.6. The van der Waals surface area contributed by atoms with E-state index in [1.54, 1.807) is 27.7 Å². The molecule has 2 aliphatic rings. The monoisotopic (exact) mass is 417 g/mol. The number of hydrogen-bond donors (Lipinski definition) is 1. The lowest BCUT2D eigenvalue weighted by molar-refractivity contribution is -0.142. The summed E-state index contributed by atoms with van der Waals surface area (Å²) in [6, 6.07) is 0. The van der Waals surface area contributed by atoms with Gasteiger partial charge < -0.3 is 0 Å². The first kappa shape index (κ1) is 21.7. The van der Waals surface area contributed by atoms with E-state index in [4.69, 9.17) is 9.42 Å². The normalized spacial score (nSPS) is 21.7. The zero-order valence-corrected chi connectivity index (χ0v) is 17.2. The van der Waals surface area contributed by atoms with E-state index in [0.717, 1.165) is 22.0 Å². The molecule has 2 unspecified atom stereocenters. The van der Waals surface area contributed by atoms with Gasteiger partial charge in [0.05, 0.1) is 5.25 Å². The minimum atomic E-state index is -2.82. The van der Waals surface area contributed by atoms with Crippen LogP contribution in [0.15, 0.2) is 12.2 Å². The first-order chi connectivity index (χ1) is 12.4. The van der Waals surface area contributed by atoms with Crippen molar-refractivity contribution in [3.05, 3.63) is 12.2 Å². The number of imide groups is 2. The number of carbonyl (C=O) groups excluding carboxylic acids is 4. The summed E-state index contributed by atoms with van der Waals surface area (Å²) < 4.78 is 15.4. The van der Waals surface area contributed by atoms with Crippen LogP contribution in [0.4, 0.5) is 0 Å². The minimum absolute atomic E-state index is 0.0194. The molecular formula is C16H22N2O7PS+. The van der Waals surface area contributed by atoms with Crippen LogP contribution in [0.5, 0.6) is 0 Å². The van der Waals surface area contributed by atoms with Gasteiger partial charge in [-0.15, -0.1) is 21.2 Å². The number of hydrogen-bond acceptors (Lipinski definition) is 7. The van der Waals surface area contributed by atoms with E-state index in [1.807, 2.05) is 0 Å². The summed E-state index contributed by atoms with van der Waals surface area (Å²) in [5.41, 5.74) is -1.03. The Bertz CT molecular complexity index is 716. The third kappa shape index (κ3) is 4.63. The molecule has 0 saturated carbocycles. The molecule has 148 valence electrons. The molecule has 0 bridgehead atoms. The number of likely N-dealkylation sites (tertiary alicyclic amines) is 1. The molecule has 1 fully saturated rings. The molecule has 2 rings (SSSR count). The van der Waals surface area contributed by atoms with Crippen molar-refractivity contribution in [3.63, 3.8) is 0 Å². The summed E-state index contributed by atoms with van der Waals surface area (Å²) in [5.74, 6) is -1.73. The molecule has 0 aliphatic carbocycles. The van der Waals surface area contributed by atoms with E-state index in [2.05, 4.69) is 0 Å². The predicted molar refractivity (Wildman–Crippen MR) is 97.6 cm³/mol. The Hall–Kier alpha value is -1.61. The third-order valence-electron chi connectivity index (χ3n) is 4.84. The van der Waals surface area contributed by atoms with Crippen LogP contribution in [0.2, 0.25) is 0 Å². The molecule has 1 saturated heterocycles. The predicted octanol–water partition coefficient (Wildman–Crippen LogP) is 0.996. The molecule has 11 heteroatoms. The Balaban J connectivity index is 2.01. The highest BCUT2D eigenvalue weighted by Gasteiger charge is 2.50. The Morgan fingerprint density at radius 3 is 2.15 bits per heavy atom. The summed E-state index contributed by atoms with van der Waals surface area (Å²) in [7, 11) is -2.82. The highest BCUT2D eigenvalue weighted by Crippen LogP contribution is 2.46. The fourth-order valence-corrected chi connectivity index (χ4v) is 4.81. The van der Waals surface area contributed by atoms with Crippen LogP contribution in [0.25, 0.3) is 0 Å². The summed E-state index contributed by atoms with van der Waals surface area (Å²) in [6.07, 6.45) is 2.27. The second kappa shape index (κ2) is 7.79. The van der Waals surface area contributed by atoms with Gasteiger partial charge in [0.2, 0.25) is 11.8 Å². The maximum absolute atomic E-state index is 12.6. The summed E-state index contributed by atoms with van der Waals surface area (Å²) >= 11 is 1.20. The lowest BCUT2D eigenvalue weighted by Crippen LogP contribution is -2.46. The van der Waals surface area contributed by atoms with Crippen LogP contribution >= 0.6 is 20.0 Å². The molecule has 2 atom stereocenters. The zero-order valence-electron chi connectivity index (χ0n) is 15.5. The van der Waals surface area contributed by atoms with Crippen LogP contribution in [0.3, 0.4) is 0 Å². The van der Waals surface area contributed by atoms with Crippen molar-refractivity contribution in [1.82, 2.24) is 9.80 Å². The molecule has 2 heterocycles. The molecule has 0 radical (unpaired) electrons. The van der Waals surface area contributed by atoms with Gasteiger partial charge in [-0.05, 0) is 27.7 Å². The highest BCUT2D eigenvalue weighted by atomic mass is 32.2. The Kier molecular flexibility index (Phi) is 6.26. The first-order valence-corrected chi connectivity index (χ1v) is 10.3. The van der Waals surface area contributed by atoms with Crippen molar-refractivity contribution in [3.8, 4) is 0 Å². The van der Waals surface area contributed by atoms with Gasteiger partial charge in [-0.3, -0.25) is 29.0 Å². The Morgan fingerprint density at radius 2 is 1.63 bits per heavy atom. The van der Waals surface area contributed by atoms with E-state index in [0.29, 0.717) is 0 Å². The largest absolute Gasteiger partial charge is 0.695 e. The van der Waals surface area contributed by atoms with E-state index in [1.165, 1.54) is 11.8 Å². The summed E-state index contributed by atoms with van der Waals surface area (Å²) in [6.45, 7) is 6.70. The van der Waals surface area contributed by atoms with E-state index >= 15 is 0 Å². The van der Waals surface area contributed by atoms with Crippen molar-refractivity contribution in [2.45, 2.75) is 49.7 Å². The fraction of sp³-hybridized carbons (Fsp3) is 0.625. The highest BCUT2D eigenvalue weighted by molar-refractivity contribution is 8.02. The first-order valence-electron chi connectivity index (χ1n) is 8.26. The van der Waals surface area contributed by atoms with Gasteiger partial charge in [-0.1, -0.05) is 0 Å². The minimum Gasteiger partial charge on any atom is -0.280 e. The van der Waals surface area contributed by atoms with Crippen LogP contribution < -0.4 is 0 Å². The van der Waals surface area contributed by atoms with E-state index in [-0.39, 0.29) is 25.4 Å². The fourth-order valence-electron chi connectivity index (χ4n) is 2.63. The molecule has 27 heavy (non-hydrogen) atoms. The van der Waals surface area contributed by atoms with Gasteiger partial charge in [-0.2, -0.15) is 0 Å². The molecular weight excluding hydrogens is 395 g/mol. The lowest BCUT2D eigenvalue weighted by Gasteiger charge is -2.37. The van der Waals surface area contributed by atoms with Gasteiger partial charge in [0.25, 0.3) is 11.8 Å². The van der Waals surface area contributed by atoms with Gasteiger partial charge in [0, 0.05) is 41.0 Å².